The third-order valence-electron chi connectivity index (χ3n) is 5.18. The third kappa shape index (κ3) is 4.77. The lowest BCUT2D eigenvalue weighted by molar-refractivity contribution is -0.123. The van der Waals surface area contributed by atoms with Crippen LogP contribution in [-0.4, -0.2) is 22.8 Å². The van der Waals surface area contributed by atoms with Crippen molar-refractivity contribution in [1.29, 1.82) is 0 Å². The number of carbonyl (C=O) groups is 2. The molecular weight excluding hydrogens is 506 g/mol. The van der Waals surface area contributed by atoms with Gasteiger partial charge in [-0.3, -0.25) is 14.5 Å². The molecule has 2 aliphatic heterocycles. The number of carbonyl (C=O) groups excluding carboxylic acids is 2. The molecule has 0 bridgehead atoms. The number of thioether (sulfide) groups is 1. The van der Waals surface area contributed by atoms with E-state index in [9.17, 15) is 9.59 Å². The highest BCUT2D eigenvalue weighted by Gasteiger charge is 2.35. The van der Waals surface area contributed by atoms with E-state index in [-0.39, 0.29) is 24.5 Å². The molecule has 33 heavy (non-hydrogen) atoms. The minimum atomic E-state index is -0.288. The van der Waals surface area contributed by atoms with Crippen molar-refractivity contribution in [2.75, 3.05) is 6.79 Å². The predicted molar refractivity (Wildman–Crippen MR) is 129 cm³/mol. The molecule has 2 heterocycles. The van der Waals surface area contributed by atoms with Crippen LogP contribution in [0.4, 0.5) is 4.79 Å². The Morgan fingerprint density at radius 1 is 1.00 bits per heavy atom. The second-order valence-corrected chi connectivity index (χ2v) is 9.25. The summed E-state index contributed by atoms with van der Waals surface area (Å²) in [5, 5.41) is -0.273. The Morgan fingerprint density at radius 2 is 1.79 bits per heavy atom. The van der Waals surface area contributed by atoms with Crippen molar-refractivity contribution in [1.82, 2.24) is 4.90 Å². The van der Waals surface area contributed by atoms with Crippen LogP contribution in [0.2, 0.25) is 0 Å². The average molecular weight is 524 g/mol. The third-order valence-corrected chi connectivity index (χ3v) is 6.86. The maximum Gasteiger partial charge on any atom is 0.293 e. The maximum atomic E-state index is 12.8. The van der Waals surface area contributed by atoms with Crippen LogP contribution in [0.15, 0.2) is 76.1 Å². The first-order chi connectivity index (χ1) is 16.1. The molecule has 8 heteroatoms. The first kappa shape index (κ1) is 21.6. The van der Waals surface area contributed by atoms with Crippen molar-refractivity contribution >= 4 is 44.9 Å². The Kier molecular flexibility index (Phi) is 6.11. The van der Waals surface area contributed by atoms with Crippen molar-refractivity contribution < 1.29 is 23.8 Å². The fourth-order valence-corrected chi connectivity index (χ4v) is 4.69. The first-order valence-electron chi connectivity index (χ1n) is 10.2. The largest absolute Gasteiger partial charge is 0.489 e. The van der Waals surface area contributed by atoms with E-state index in [1.807, 2.05) is 66.7 Å². The lowest BCUT2D eigenvalue weighted by Gasteiger charge is -2.13. The fraction of sp³-hybridized carbons (Fsp3) is 0.120. The Labute approximate surface area is 203 Å². The zero-order valence-corrected chi connectivity index (χ0v) is 19.7. The summed E-state index contributed by atoms with van der Waals surface area (Å²) in [6.07, 6.45) is 1.73. The second-order valence-electron chi connectivity index (χ2n) is 7.40. The highest BCUT2D eigenvalue weighted by Crippen LogP contribution is 2.35. The molecule has 2 aliphatic rings. The van der Waals surface area contributed by atoms with Gasteiger partial charge in [0.2, 0.25) is 6.79 Å². The topological polar surface area (TPSA) is 65.1 Å². The molecule has 1 saturated heterocycles. The molecule has 0 spiro atoms. The van der Waals surface area contributed by atoms with E-state index in [1.54, 1.807) is 6.08 Å². The van der Waals surface area contributed by atoms with Gasteiger partial charge in [-0.05, 0) is 64.9 Å². The molecule has 3 aromatic carbocycles. The highest BCUT2D eigenvalue weighted by molar-refractivity contribution is 9.10. The summed E-state index contributed by atoms with van der Waals surface area (Å²) in [4.78, 5) is 26.9. The summed E-state index contributed by atoms with van der Waals surface area (Å²) in [5.74, 6) is 1.87. The number of hydrogen-bond acceptors (Lipinski definition) is 6. The molecular formula is C25H18BrNO5S. The maximum absolute atomic E-state index is 12.8. The predicted octanol–water partition coefficient (Wildman–Crippen LogP) is 5.99. The molecule has 5 rings (SSSR count). The number of amides is 2. The summed E-state index contributed by atoms with van der Waals surface area (Å²) in [6.45, 7) is 0.866. The standard InChI is InChI=1S/C25H18BrNO5S/c26-20-4-2-1-3-18(20)13-27-24(28)23(33-25(27)29)12-16-5-8-19(9-6-16)30-14-17-7-10-21-22(11-17)32-15-31-21/h1-12H,13-15H2/b23-12-. The number of rotatable bonds is 6. The van der Waals surface area contributed by atoms with Gasteiger partial charge in [0.25, 0.3) is 11.1 Å². The van der Waals surface area contributed by atoms with Gasteiger partial charge in [0.05, 0.1) is 11.4 Å². The number of hydrogen-bond donors (Lipinski definition) is 0. The van der Waals surface area contributed by atoms with Gasteiger partial charge >= 0.3 is 0 Å². The fourth-order valence-electron chi connectivity index (χ4n) is 3.44. The minimum Gasteiger partial charge on any atom is -0.489 e. The Hall–Kier alpha value is -3.23. The molecule has 166 valence electrons. The van der Waals surface area contributed by atoms with Gasteiger partial charge < -0.3 is 14.2 Å². The summed E-state index contributed by atoms with van der Waals surface area (Å²) < 4.78 is 17.4. The Bertz CT molecular complexity index is 1260. The summed E-state index contributed by atoms with van der Waals surface area (Å²) in [7, 11) is 0. The zero-order chi connectivity index (χ0) is 22.8. The Morgan fingerprint density at radius 3 is 2.61 bits per heavy atom. The van der Waals surface area contributed by atoms with Gasteiger partial charge in [-0.15, -0.1) is 0 Å². The van der Waals surface area contributed by atoms with Gasteiger partial charge in [0.1, 0.15) is 12.4 Å². The van der Waals surface area contributed by atoms with Crippen LogP contribution < -0.4 is 14.2 Å². The first-order valence-corrected chi connectivity index (χ1v) is 11.8. The van der Waals surface area contributed by atoms with Gasteiger partial charge in [0, 0.05) is 4.47 Å². The molecule has 0 aliphatic carbocycles. The number of imide groups is 1. The number of halogens is 1. The molecule has 3 aromatic rings. The van der Waals surface area contributed by atoms with Crippen LogP contribution in [0.5, 0.6) is 17.2 Å². The van der Waals surface area contributed by atoms with Gasteiger partial charge in [-0.2, -0.15) is 0 Å². The van der Waals surface area contributed by atoms with Gasteiger partial charge in [0.15, 0.2) is 11.5 Å². The number of benzene rings is 3. The van der Waals surface area contributed by atoms with Crippen LogP contribution in [0, 0.1) is 0 Å². The van der Waals surface area contributed by atoms with Crippen LogP contribution in [0.1, 0.15) is 16.7 Å². The van der Waals surface area contributed by atoms with Crippen molar-refractivity contribution in [2.45, 2.75) is 13.2 Å². The normalized spacial score (nSPS) is 16.0. The van der Waals surface area contributed by atoms with Gasteiger partial charge in [-0.25, -0.2) is 0 Å². The van der Waals surface area contributed by atoms with E-state index in [0.717, 1.165) is 44.4 Å². The average Bonchev–Trinajstić information content (AvgIpc) is 3.39. The number of ether oxygens (including phenoxy) is 3. The van der Waals surface area contributed by atoms with E-state index in [4.69, 9.17) is 14.2 Å². The summed E-state index contributed by atoms with van der Waals surface area (Å²) in [5.41, 5.74) is 2.67. The number of nitrogens with zero attached hydrogens (tertiary/aromatic N) is 1. The molecule has 0 unspecified atom stereocenters. The smallest absolute Gasteiger partial charge is 0.293 e. The molecule has 0 radical (unpaired) electrons. The molecule has 6 nitrogen and oxygen atoms in total. The lowest BCUT2D eigenvalue weighted by Crippen LogP contribution is -2.27. The molecule has 0 aromatic heterocycles. The van der Waals surface area contributed by atoms with Crippen molar-refractivity contribution in [3.05, 3.63) is 92.8 Å². The molecule has 0 atom stereocenters. The minimum absolute atomic E-state index is 0.232. The molecule has 1 fully saturated rings. The Balaban J connectivity index is 1.23. The van der Waals surface area contributed by atoms with E-state index >= 15 is 0 Å². The highest BCUT2D eigenvalue weighted by atomic mass is 79.9. The van der Waals surface area contributed by atoms with Crippen LogP contribution >= 0.6 is 27.7 Å². The van der Waals surface area contributed by atoms with Gasteiger partial charge in [-0.1, -0.05) is 52.3 Å². The van der Waals surface area contributed by atoms with Crippen LogP contribution in [-0.2, 0) is 17.9 Å². The monoisotopic (exact) mass is 523 g/mol. The van der Waals surface area contributed by atoms with E-state index in [2.05, 4.69) is 15.9 Å². The lowest BCUT2D eigenvalue weighted by atomic mass is 10.2. The quantitative estimate of drug-likeness (QED) is 0.369. The second kappa shape index (κ2) is 9.33. The molecule has 0 N–H and O–H groups in total. The summed E-state index contributed by atoms with van der Waals surface area (Å²) >= 11 is 4.42. The molecule has 0 saturated carbocycles. The van der Waals surface area contributed by atoms with E-state index < -0.39 is 0 Å². The number of fused-ring (bicyclic) bond motifs is 1. The van der Waals surface area contributed by atoms with Crippen molar-refractivity contribution in [3.63, 3.8) is 0 Å². The SMILES string of the molecule is O=C1S/C(=C\c2ccc(OCc3ccc4c(c3)OCO4)cc2)C(=O)N1Cc1ccccc1Br. The van der Waals surface area contributed by atoms with Crippen LogP contribution in [0.25, 0.3) is 6.08 Å². The van der Waals surface area contributed by atoms with Crippen LogP contribution in [0.3, 0.4) is 0 Å². The molecule has 2 amide bonds. The van der Waals surface area contributed by atoms with Crippen molar-refractivity contribution in [2.24, 2.45) is 0 Å². The summed E-state index contributed by atoms with van der Waals surface area (Å²) in [6, 6.07) is 20.6. The zero-order valence-electron chi connectivity index (χ0n) is 17.3. The van der Waals surface area contributed by atoms with E-state index in [1.165, 1.54) is 4.90 Å². The van der Waals surface area contributed by atoms with Crippen molar-refractivity contribution in [3.8, 4) is 17.2 Å². The van der Waals surface area contributed by atoms with E-state index in [0.29, 0.717) is 17.3 Å².